The van der Waals surface area contributed by atoms with E-state index in [-0.39, 0.29) is 24.8 Å². The summed E-state index contributed by atoms with van der Waals surface area (Å²) in [5.74, 6) is -0.637. The molecule has 0 radical (unpaired) electrons. The lowest BCUT2D eigenvalue weighted by Gasteiger charge is -2.25. The van der Waals surface area contributed by atoms with Crippen LogP contribution in [0.3, 0.4) is 0 Å². The highest BCUT2D eigenvalue weighted by atomic mass is 32.1. The highest BCUT2D eigenvalue weighted by Gasteiger charge is 2.61. The van der Waals surface area contributed by atoms with Gasteiger partial charge in [0.15, 0.2) is 0 Å². The van der Waals surface area contributed by atoms with Crippen molar-refractivity contribution in [2.45, 2.75) is 69.1 Å². The third kappa shape index (κ3) is 5.57. The minimum absolute atomic E-state index is 0.112. The number of thiazole rings is 1. The minimum Gasteiger partial charge on any atom is -0.497 e. The molecule has 0 bridgehead atoms. The van der Waals surface area contributed by atoms with Gasteiger partial charge in [-0.05, 0) is 37.8 Å². The van der Waals surface area contributed by atoms with Gasteiger partial charge in [-0.2, -0.15) is 0 Å². The van der Waals surface area contributed by atoms with Crippen molar-refractivity contribution < 1.29 is 29.0 Å². The zero-order valence-electron chi connectivity index (χ0n) is 23.5. The third-order valence-corrected chi connectivity index (χ3v) is 9.23. The summed E-state index contributed by atoms with van der Waals surface area (Å²) in [5, 5.41) is 16.2. The Morgan fingerprint density at radius 1 is 1.19 bits per heavy atom. The smallest absolute Gasteiger partial charge is 0.330 e. The molecular weight excluding hydrogens is 556 g/mol. The van der Waals surface area contributed by atoms with Gasteiger partial charge >= 0.3 is 5.97 Å². The number of rotatable bonds is 5. The lowest BCUT2D eigenvalue weighted by Crippen LogP contribution is -2.53. The molecule has 1 saturated heterocycles. The number of hydrogen-bond acceptors (Lipinski definition) is 8. The summed E-state index contributed by atoms with van der Waals surface area (Å²) < 4.78 is 12.0. The van der Waals surface area contributed by atoms with Gasteiger partial charge in [-0.1, -0.05) is 25.0 Å². The largest absolute Gasteiger partial charge is 0.497 e. The maximum atomic E-state index is 13.6. The molecule has 2 fully saturated rings. The second kappa shape index (κ2) is 11.7. The van der Waals surface area contributed by atoms with E-state index in [0.717, 1.165) is 42.5 Å². The number of benzene rings is 1. The fourth-order valence-electron chi connectivity index (χ4n) is 6.01. The first kappa shape index (κ1) is 28.1. The molecule has 2 aromatic heterocycles. The van der Waals surface area contributed by atoms with Gasteiger partial charge in [-0.15, -0.1) is 11.3 Å². The molecule has 10 nitrogen and oxygen atoms in total. The zero-order valence-corrected chi connectivity index (χ0v) is 24.3. The fraction of sp³-hybridized carbons (Fsp3) is 0.452. The number of methoxy groups -OCH3 is 1. The number of pyridine rings is 1. The van der Waals surface area contributed by atoms with Crippen molar-refractivity contribution in [2.75, 3.05) is 13.7 Å². The maximum Gasteiger partial charge on any atom is 0.330 e. The number of amides is 2. The summed E-state index contributed by atoms with van der Waals surface area (Å²) >= 11 is 1.47. The second-order valence-corrected chi connectivity index (χ2v) is 12.1. The summed E-state index contributed by atoms with van der Waals surface area (Å²) in [7, 11) is 1.60. The number of aliphatic carboxylic acids is 1. The monoisotopic (exact) mass is 590 g/mol. The molecule has 1 saturated carbocycles. The van der Waals surface area contributed by atoms with Crippen LogP contribution in [0.5, 0.6) is 11.5 Å². The molecule has 3 aromatic rings. The molecule has 2 aliphatic heterocycles. The number of fused-ring (bicyclic) bond motifs is 3. The van der Waals surface area contributed by atoms with E-state index in [0.29, 0.717) is 35.6 Å². The number of ether oxygens (including phenoxy) is 2. The van der Waals surface area contributed by atoms with Crippen LogP contribution in [0.1, 0.15) is 51.4 Å². The quantitative estimate of drug-likeness (QED) is 0.413. The molecule has 1 aromatic carbocycles. The normalized spacial score (nSPS) is 27.3. The molecule has 220 valence electrons. The van der Waals surface area contributed by atoms with E-state index in [2.05, 4.69) is 10.3 Å². The lowest BCUT2D eigenvalue weighted by atomic mass is 10.1. The van der Waals surface area contributed by atoms with Crippen LogP contribution in [0, 0.1) is 5.92 Å². The van der Waals surface area contributed by atoms with Gasteiger partial charge in [0, 0.05) is 47.9 Å². The first-order valence-electron chi connectivity index (χ1n) is 14.4. The summed E-state index contributed by atoms with van der Waals surface area (Å²) in [5.41, 5.74) is -0.00158. The summed E-state index contributed by atoms with van der Waals surface area (Å²) in [6, 6.07) is 6.57. The Kier molecular flexibility index (Phi) is 7.85. The van der Waals surface area contributed by atoms with Crippen molar-refractivity contribution in [2.24, 2.45) is 5.92 Å². The van der Waals surface area contributed by atoms with Crippen molar-refractivity contribution in [1.29, 1.82) is 0 Å². The Bertz CT molecular complexity index is 1530. The van der Waals surface area contributed by atoms with E-state index in [1.54, 1.807) is 18.2 Å². The van der Waals surface area contributed by atoms with E-state index in [1.807, 2.05) is 41.8 Å². The molecule has 3 aliphatic rings. The Labute approximate surface area is 247 Å². The molecule has 0 spiro atoms. The van der Waals surface area contributed by atoms with Crippen LogP contribution in [0.2, 0.25) is 0 Å². The average Bonchev–Trinajstić information content (AvgIpc) is 3.31. The van der Waals surface area contributed by atoms with E-state index in [1.165, 1.54) is 11.3 Å². The van der Waals surface area contributed by atoms with Gasteiger partial charge in [0.2, 0.25) is 11.8 Å². The lowest BCUT2D eigenvalue weighted by molar-refractivity contribution is -0.145. The van der Waals surface area contributed by atoms with Crippen LogP contribution in [-0.2, 0) is 14.4 Å². The number of allylic oxidation sites excluding steroid dienone is 1. The second-order valence-electron chi connectivity index (χ2n) is 11.2. The van der Waals surface area contributed by atoms with E-state index in [4.69, 9.17) is 14.5 Å². The average molecular weight is 591 g/mol. The standard InChI is InChI=1S/C31H34N4O6S/c1-40-20-10-11-22-23(14-20)33-24(29-32-12-13-42-29)16-26(22)41-21-15-25-28(37)34-31(30(38)39)17-19(31)8-6-4-2-3-5-7-9-27(36)35(25)18-21/h6,8,10-14,16,19,21,25H,2-5,7,9,15,17-18H2,1H3,(H,34,37)(H,38,39)/b8-6+. The highest BCUT2D eigenvalue weighted by molar-refractivity contribution is 7.13. The number of carbonyl (C=O) groups excluding carboxylic acids is 2. The van der Waals surface area contributed by atoms with Gasteiger partial charge in [0.1, 0.15) is 39.9 Å². The molecule has 42 heavy (non-hydrogen) atoms. The molecule has 4 heterocycles. The number of nitrogens with zero attached hydrogens (tertiary/aromatic N) is 3. The van der Waals surface area contributed by atoms with Gasteiger partial charge in [-0.25, -0.2) is 14.8 Å². The predicted molar refractivity (Wildman–Crippen MR) is 157 cm³/mol. The Morgan fingerprint density at radius 3 is 2.83 bits per heavy atom. The maximum absolute atomic E-state index is 13.6. The fourth-order valence-corrected chi connectivity index (χ4v) is 6.61. The molecule has 11 heteroatoms. The van der Waals surface area contributed by atoms with Crippen molar-refractivity contribution in [3.05, 3.63) is 48.0 Å². The molecule has 2 N–H and O–H groups in total. The van der Waals surface area contributed by atoms with Gasteiger partial charge in [0.05, 0.1) is 19.2 Å². The number of carbonyl (C=O) groups is 3. The molecule has 1 aliphatic carbocycles. The van der Waals surface area contributed by atoms with Gasteiger partial charge in [-0.3, -0.25) is 9.59 Å². The molecule has 6 rings (SSSR count). The van der Waals surface area contributed by atoms with Crippen LogP contribution < -0.4 is 14.8 Å². The SMILES string of the molecule is COc1ccc2c(OC3CC4C(=O)NC5(C(=O)O)CC5/C=C/CCCCCCC(=O)N4C3)cc(-c3nccs3)nc2c1. The summed E-state index contributed by atoms with van der Waals surface area (Å²) in [4.78, 5) is 50.1. The number of carboxylic acid groups (broad SMARTS) is 1. The summed E-state index contributed by atoms with van der Waals surface area (Å²) in [6.07, 6.45) is 10.6. The highest BCUT2D eigenvalue weighted by Crippen LogP contribution is 2.45. The Hall–Kier alpha value is -3.99. The van der Waals surface area contributed by atoms with Crippen molar-refractivity contribution in [3.8, 4) is 22.2 Å². The van der Waals surface area contributed by atoms with Crippen molar-refractivity contribution in [3.63, 3.8) is 0 Å². The van der Waals surface area contributed by atoms with Crippen LogP contribution >= 0.6 is 11.3 Å². The number of nitrogens with one attached hydrogen (secondary N) is 1. The van der Waals surface area contributed by atoms with E-state index in [9.17, 15) is 19.5 Å². The number of hydrogen-bond donors (Lipinski definition) is 2. The minimum atomic E-state index is -1.33. The first-order valence-corrected chi connectivity index (χ1v) is 15.3. The van der Waals surface area contributed by atoms with Crippen LogP contribution in [0.15, 0.2) is 48.0 Å². The van der Waals surface area contributed by atoms with Crippen LogP contribution in [0.4, 0.5) is 0 Å². The molecule has 4 atom stereocenters. The molecule has 4 unspecified atom stereocenters. The van der Waals surface area contributed by atoms with Crippen LogP contribution in [-0.4, -0.2) is 69.1 Å². The van der Waals surface area contributed by atoms with Gasteiger partial charge < -0.3 is 24.8 Å². The first-order chi connectivity index (χ1) is 20.4. The predicted octanol–water partition coefficient (Wildman–Crippen LogP) is 4.59. The van der Waals surface area contributed by atoms with E-state index < -0.39 is 29.6 Å². The Morgan fingerprint density at radius 2 is 2.05 bits per heavy atom. The van der Waals surface area contributed by atoms with E-state index >= 15 is 0 Å². The van der Waals surface area contributed by atoms with Crippen molar-refractivity contribution in [1.82, 2.24) is 20.2 Å². The van der Waals surface area contributed by atoms with Crippen molar-refractivity contribution >= 4 is 40.0 Å². The zero-order chi connectivity index (χ0) is 29.3. The molecule has 2 amide bonds. The number of aromatic nitrogens is 2. The van der Waals surface area contributed by atoms with Gasteiger partial charge in [0.25, 0.3) is 0 Å². The third-order valence-electron chi connectivity index (χ3n) is 8.43. The Balaban J connectivity index is 1.29. The summed E-state index contributed by atoms with van der Waals surface area (Å²) in [6.45, 7) is 0.229. The molecular formula is C31H34N4O6S. The van der Waals surface area contributed by atoms with Crippen LogP contribution in [0.25, 0.3) is 21.6 Å². The number of carboxylic acids is 1. The topological polar surface area (TPSA) is 131 Å².